The molecule has 0 unspecified atom stereocenters. The van der Waals surface area contributed by atoms with E-state index in [4.69, 9.17) is 21.6 Å². The van der Waals surface area contributed by atoms with E-state index in [2.05, 4.69) is 5.32 Å². The Morgan fingerprint density at radius 2 is 2.07 bits per heavy atom. The maximum absolute atomic E-state index is 8.96. The molecular weight excluding hydrogens is 200 g/mol. The molecule has 0 spiro atoms. The summed E-state index contributed by atoms with van der Waals surface area (Å²) in [7, 11) is -1.49. The molecule has 1 aromatic carbocycles. The smallest absolute Gasteiger partial charge is 0.423 e. The molecule has 3 nitrogen and oxygen atoms in total. The van der Waals surface area contributed by atoms with Crippen LogP contribution in [0, 0.1) is 0 Å². The number of hydrogen-bond donors (Lipinski definition) is 3. The van der Waals surface area contributed by atoms with Gasteiger partial charge in [0.1, 0.15) is 0 Å². The molecule has 0 bridgehead atoms. The molecule has 0 aromatic heterocycles. The zero-order valence-electron chi connectivity index (χ0n) is 7.57. The van der Waals surface area contributed by atoms with Gasteiger partial charge in [-0.15, -0.1) is 0 Å². The van der Waals surface area contributed by atoms with Crippen LogP contribution in [0.4, 0.5) is 0 Å². The Morgan fingerprint density at radius 1 is 1.36 bits per heavy atom. The second-order valence-corrected chi connectivity index (χ2v) is 3.92. The minimum Gasteiger partial charge on any atom is -0.423 e. The van der Waals surface area contributed by atoms with Crippen molar-refractivity contribution in [2.45, 2.75) is 5.92 Å². The highest BCUT2D eigenvalue weighted by atomic mass is 35.5. The average molecular weight is 211 g/mol. The summed E-state index contributed by atoms with van der Waals surface area (Å²) < 4.78 is 0. The van der Waals surface area contributed by atoms with Crippen molar-refractivity contribution in [1.29, 1.82) is 0 Å². The van der Waals surface area contributed by atoms with E-state index in [1.165, 1.54) is 0 Å². The predicted octanol–water partition coefficient (Wildman–Crippen LogP) is -0.293. The zero-order chi connectivity index (χ0) is 10.1. The summed E-state index contributed by atoms with van der Waals surface area (Å²) in [5.41, 5.74) is 1.51. The molecule has 5 heteroatoms. The van der Waals surface area contributed by atoms with Gasteiger partial charge >= 0.3 is 7.12 Å². The highest BCUT2D eigenvalue weighted by molar-refractivity contribution is 6.62. The molecule has 1 aliphatic rings. The van der Waals surface area contributed by atoms with Crippen LogP contribution >= 0.6 is 11.6 Å². The third-order valence-electron chi connectivity index (χ3n) is 2.56. The molecule has 74 valence electrons. The summed E-state index contributed by atoms with van der Waals surface area (Å²) >= 11 is 5.91. The number of nitrogens with one attached hydrogen (secondary N) is 1. The monoisotopic (exact) mass is 211 g/mol. The lowest BCUT2D eigenvalue weighted by Gasteiger charge is -2.27. The highest BCUT2D eigenvalue weighted by Crippen LogP contribution is 2.21. The van der Waals surface area contributed by atoms with Crippen LogP contribution in [0.1, 0.15) is 11.5 Å². The van der Waals surface area contributed by atoms with Crippen molar-refractivity contribution in [3.8, 4) is 0 Å². The van der Waals surface area contributed by atoms with Crippen LogP contribution in [0.5, 0.6) is 0 Å². The predicted molar refractivity (Wildman–Crippen MR) is 56.9 cm³/mol. The van der Waals surface area contributed by atoms with Gasteiger partial charge in [0, 0.05) is 29.5 Å². The fourth-order valence-corrected chi connectivity index (χ4v) is 1.82. The van der Waals surface area contributed by atoms with Crippen LogP contribution in [0.15, 0.2) is 18.2 Å². The van der Waals surface area contributed by atoms with Crippen LogP contribution in [0.2, 0.25) is 5.02 Å². The Labute approximate surface area is 87.9 Å². The molecule has 0 atom stereocenters. The number of rotatable bonds is 2. The molecule has 1 heterocycles. The maximum Gasteiger partial charge on any atom is 0.489 e. The van der Waals surface area contributed by atoms with E-state index < -0.39 is 7.12 Å². The van der Waals surface area contributed by atoms with Crippen LogP contribution in [-0.2, 0) is 0 Å². The van der Waals surface area contributed by atoms with E-state index in [0.717, 1.165) is 18.7 Å². The Kier molecular flexibility index (Phi) is 2.79. The van der Waals surface area contributed by atoms with E-state index in [1.54, 1.807) is 6.07 Å². The minimum absolute atomic E-state index is 0.364. The number of benzene rings is 1. The van der Waals surface area contributed by atoms with Gasteiger partial charge in [-0.25, -0.2) is 0 Å². The largest absolute Gasteiger partial charge is 0.489 e. The Bertz CT molecular complexity index is 342. The van der Waals surface area contributed by atoms with Gasteiger partial charge in [0.15, 0.2) is 0 Å². The van der Waals surface area contributed by atoms with Crippen molar-refractivity contribution in [2.75, 3.05) is 13.1 Å². The van der Waals surface area contributed by atoms with E-state index in [9.17, 15) is 0 Å². The maximum atomic E-state index is 8.96. The van der Waals surface area contributed by atoms with Crippen molar-refractivity contribution in [3.05, 3.63) is 28.8 Å². The molecule has 0 radical (unpaired) electrons. The molecule has 1 aliphatic heterocycles. The van der Waals surface area contributed by atoms with Gasteiger partial charge in [0.2, 0.25) is 0 Å². The van der Waals surface area contributed by atoms with Gasteiger partial charge in [-0.3, -0.25) is 0 Å². The van der Waals surface area contributed by atoms with Crippen molar-refractivity contribution in [2.24, 2.45) is 0 Å². The van der Waals surface area contributed by atoms with Crippen molar-refractivity contribution in [1.82, 2.24) is 5.32 Å². The number of halogens is 1. The molecule has 2 rings (SSSR count). The summed E-state index contributed by atoms with van der Waals surface area (Å²) in [6.45, 7) is 1.94. The Morgan fingerprint density at radius 3 is 2.50 bits per heavy atom. The highest BCUT2D eigenvalue weighted by Gasteiger charge is 2.21. The van der Waals surface area contributed by atoms with E-state index in [0.29, 0.717) is 16.4 Å². The van der Waals surface area contributed by atoms with Gasteiger partial charge < -0.3 is 15.4 Å². The lowest BCUT2D eigenvalue weighted by Crippen LogP contribution is -2.40. The van der Waals surface area contributed by atoms with Crippen molar-refractivity contribution < 1.29 is 10.0 Å². The van der Waals surface area contributed by atoms with Crippen LogP contribution < -0.4 is 10.8 Å². The van der Waals surface area contributed by atoms with Gasteiger partial charge in [0.25, 0.3) is 0 Å². The molecule has 1 fully saturated rings. The molecule has 0 saturated carbocycles. The van der Waals surface area contributed by atoms with Crippen LogP contribution in [0.25, 0.3) is 0 Å². The minimum atomic E-state index is -1.49. The average Bonchev–Trinajstić information content (AvgIpc) is 2.00. The normalized spacial score (nSPS) is 16.5. The van der Waals surface area contributed by atoms with E-state index in [-0.39, 0.29) is 0 Å². The lowest BCUT2D eigenvalue weighted by molar-refractivity contribution is 0.425. The Hall–Kier alpha value is -0.545. The molecule has 0 aliphatic carbocycles. The SMILES string of the molecule is OB(O)c1ccc(C2CNC2)cc1Cl. The van der Waals surface area contributed by atoms with Crippen molar-refractivity contribution >= 4 is 24.2 Å². The third-order valence-corrected chi connectivity index (χ3v) is 2.88. The van der Waals surface area contributed by atoms with E-state index in [1.807, 2.05) is 12.1 Å². The lowest BCUT2D eigenvalue weighted by atomic mass is 9.79. The Balaban J connectivity index is 2.25. The third kappa shape index (κ3) is 1.79. The standard InChI is InChI=1S/C9H11BClNO2/c11-9-3-6(7-4-12-5-7)1-2-8(9)10(13)14/h1-3,7,12-14H,4-5H2. The summed E-state index contributed by atoms with van der Waals surface area (Å²) in [6.07, 6.45) is 0. The quantitative estimate of drug-likeness (QED) is 0.589. The topological polar surface area (TPSA) is 52.5 Å². The molecule has 0 amide bonds. The first-order valence-electron chi connectivity index (χ1n) is 4.54. The molecule has 1 saturated heterocycles. The van der Waals surface area contributed by atoms with Crippen LogP contribution in [-0.4, -0.2) is 30.3 Å². The fraction of sp³-hybridized carbons (Fsp3) is 0.333. The van der Waals surface area contributed by atoms with Gasteiger partial charge in [-0.1, -0.05) is 23.7 Å². The van der Waals surface area contributed by atoms with Crippen molar-refractivity contribution in [3.63, 3.8) is 0 Å². The van der Waals surface area contributed by atoms with Gasteiger partial charge in [-0.2, -0.15) is 0 Å². The molecule has 3 N–H and O–H groups in total. The molecule has 1 aromatic rings. The molecular formula is C9H11BClNO2. The molecule has 14 heavy (non-hydrogen) atoms. The summed E-state index contributed by atoms with van der Waals surface area (Å²) in [5.74, 6) is 0.511. The first-order valence-corrected chi connectivity index (χ1v) is 4.92. The first-order chi connectivity index (χ1) is 6.68. The van der Waals surface area contributed by atoms with E-state index >= 15 is 0 Å². The summed E-state index contributed by atoms with van der Waals surface area (Å²) in [5, 5.41) is 21.5. The zero-order valence-corrected chi connectivity index (χ0v) is 8.33. The first kappa shape index (κ1) is 9.99. The summed E-state index contributed by atoms with van der Waals surface area (Å²) in [6, 6.07) is 5.37. The van der Waals surface area contributed by atoms with Crippen LogP contribution in [0.3, 0.4) is 0 Å². The second kappa shape index (κ2) is 3.91. The van der Waals surface area contributed by atoms with Gasteiger partial charge in [0.05, 0.1) is 0 Å². The second-order valence-electron chi connectivity index (χ2n) is 3.51. The fourth-order valence-electron chi connectivity index (χ4n) is 1.53. The summed E-state index contributed by atoms with van der Waals surface area (Å²) in [4.78, 5) is 0. The van der Waals surface area contributed by atoms with Gasteiger partial charge in [-0.05, 0) is 11.6 Å². The number of hydrogen-bond acceptors (Lipinski definition) is 3.